The number of nitrogens with one attached hydrogen (secondary N) is 2. The molecule has 0 bridgehead atoms. The van der Waals surface area contributed by atoms with Crippen molar-refractivity contribution in [3.8, 4) is 17.0 Å². The molecule has 0 saturated heterocycles. The topological polar surface area (TPSA) is 92.2 Å². The predicted octanol–water partition coefficient (Wildman–Crippen LogP) is 5.23. The van der Waals surface area contributed by atoms with Gasteiger partial charge in [-0.15, -0.1) is 0 Å². The zero-order valence-corrected chi connectivity index (χ0v) is 19.6. The van der Waals surface area contributed by atoms with E-state index in [9.17, 15) is 9.50 Å². The molecule has 34 heavy (non-hydrogen) atoms. The lowest BCUT2D eigenvalue weighted by atomic mass is 9.93. The lowest BCUT2D eigenvalue weighted by molar-refractivity contribution is 0.116. The highest BCUT2D eigenvalue weighted by molar-refractivity contribution is 7.22. The van der Waals surface area contributed by atoms with Gasteiger partial charge in [0.05, 0.1) is 47.6 Å². The van der Waals surface area contributed by atoms with Crippen LogP contribution in [0, 0.1) is 5.82 Å². The largest absolute Gasteiger partial charge is 0.496 e. The Morgan fingerprint density at radius 1 is 1.12 bits per heavy atom. The van der Waals surface area contributed by atoms with Crippen LogP contribution in [0.5, 0.6) is 5.75 Å². The van der Waals surface area contributed by atoms with Gasteiger partial charge in [0.15, 0.2) is 5.13 Å². The fraction of sp³-hybridized carbons (Fsp3) is 0.320. The van der Waals surface area contributed by atoms with Gasteiger partial charge < -0.3 is 20.5 Å². The molecule has 1 aliphatic carbocycles. The van der Waals surface area contributed by atoms with E-state index in [4.69, 9.17) is 4.74 Å². The number of thiazole rings is 1. The summed E-state index contributed by atoms with van der Waals surface area (Å²) in [4.78, 5) is 13.6. The van der Waals surface area contributed by atoms with Crippen molar-refractivity contribution in [2.24, 2.45) is 0 Å². The molecule has 0 amide bonds. The van der Waals surface area contributed by atoms with Crippen molar-refractivity contribution in [1.82, 2.24) is 15.0 Å². The fourth-order valence-electron chi connectivity index (χ4n) is 4.23. The van der Waals surface area contributed by atoms with Gasteiger partial charge in [-0.1, -0.05) is 30.2 Å². The molecule has 1 saturated carbocycles. The van der Waals surface area contributed by atoms with Crippen LogP contribution in [0.4, 0.5) is 15.3 Å². The zero-order valence-electron chi connectivity index (χ0n) is 18.8. The van der Waals surface area contributed by atoms with Crippen LogP contribution in [0.3, 0.4) is 0 Å². The van der Waals surface area contributed by atoms with Gasteiger partial charge >= 0.3 is 0 Å². The Bertz CT molecular complexity index is 1300. The summed E-state index contributed by atoms with van der Waals surface area (Å²) in [6.07, 6.45) is 7.00. The number of fused-ring (bicyclic) bond motifs is 1. The molecule has 2 aromatic carbocycles. The van der Waals surface area contributed by atoms with Gasteiger partial charge in [0.25, 0.3) is 0 Å². The Morgan fingerprint density at radius 2 is 2.00 bits per heavy atom. The Labute approximate surface area is 201 Å². The van der Waals surface area contributed by atoms with Gasteiger partial charge in [0.1, 0.15) is 17.4 Å². The van der Waals surface area contributed by atoms with Gasteiger partial charge in [-0.05, 0) is 42.7 Å². The minimum Gasteiger partial charge on any atom is -0.496 e. The number of nitrogens with zero attached hydrogens (tertiary/aromatic N) is 3. The molecule has 4 aromatic rings. The van der Waals surface area contributed by atoms with Crippen LogP contribution in [-0.2, 0) is 6.54 Å². The van der Waals surface area contributed by atoms with Crippen LogP contribution in [0.25, 0.3) is 21.5 Å². The van der Waals surface area contributed by atoms with Crippen LogP contribution in [-0.4, -0.2) is 39.3 Å². The fourth-order valence-corrected chi connectivity index (χ4v) is 5.22. The van der Waals surface area contributed by atoms with E-state index < -0.39 is 0 Å². The molecule has 2 aromatic heterocycles. The number of rotatable bonds is 7. The van der Waals surface area contributed by atoms with Crippen molar-refractivity contribution in [2.75, 3.05) is 17.7 Å². The number of benzene rings is 2. The number of methoxy groups -OCH3 is 1. The molecule has 176 valence electrons. The normalized spacial score (nSPS) is 18.1. The number of hydrogen-bond donors (Lipinski definition) is 3. The third-order valence-electron chi connectivity index (χ3n) is 6.04. The van der Waals surface area contributed by atoms with Crippen molar-refractivity contribution in [2.45, 2.75) is 44.4 Å². The molecule has 0 aliphatic heterocycles. The van der Waals surface area contributed by atoms with Gasteiger partial charge in [-0.3, -0.25) is 4.98 Å². The summed E-state index contributed by atoms with van der Waals surface area (Å²) in [5, 5.41) is 17.8. The lowest BCUT2D eigenvalue weighted by Gasteiger charge is -2.27. The van der Waals surface area contributed by atoms with Crippen molar-refractivity contribution in [3.05, 3.63) is 60.2 Å². The van der Waals surface area contributed by atoms with Crippen LogP contribution < -0.4 is 15.4 Å². The summed E-state index contributed by atoms with van der Waals surface area (Å²) in [5.41, 5.74) is 3.30. The first kappa shape index (κ1) is 22.5. The number of halogens is 1. The number of aromatic nitrogens is 3. The maximum Gasteiger partial charge on any atom is 0.184 e. The smallest absolute Gasteiger partial charge is 0.184 e. The second-order valence-corrected chi connectivity index (χ2v) is 9.44. The van der Waals surface area contributed by atoms with Gasteiger partial charge in [0, 0.05) is 18.2 Å². The van der Waals surface area contributed by atoms with Gasteiger partial charge in [-0.25, -0.2) is 14.4 Å². The molecule has 1 unspecified atom stereocenters. The lowest BCUT2D eigenvalue weighted by Crippen LogP contribution is -2.36. The molecule has 5 rings (SSSR count). The van der Waals surface area contributed by atoms with E-state index >= 15 is 0 Å². The first-order valence-electron chi connectivity index (χ1n) is 11.3. The van der Waals surface area contributed by atoms with E-state index in [-0.39, 0.29) is 18.0 Å². The second-order valence-electron chi connectivity index (χ2n) is 8.41. The summed E-state index contributed by atoms with van der Waals surface area (Å²) in [6.45, 7) is 0.566. The number of aliphatic hydroxyl groups is 1. The third-order valence-corrected chi connectivity index (χ3v) is 6.99. The number of anilines is 2. The average Bonchev–Trinajstić information content (AvgIpc) is 3.26. The van der Waals surface area contributed by atoms with Crippen LogP contribution in [0.2, 0.25) is 0 Å². The highest BCUT2D eigenvalue weighted by atomic mass is 32.1. The monoisotopic (exact) mass is 479 g/mol. The molecular formula is C25H26FN5O2S. The Morgan fingerprint density at radius 3 is 2.85 bits per heavy atom. The highest BCUT2D eigenvalue weighted by Crippen LogP contribution is 2.31. The number of aliphatic hydroxyl groups excluding tert-OH is 1. The molecule has 9 heteroatoms. The molecule has 0 spiro atoms. The molecule has 2 atom stereocenters. The van der Waals surface area contributed by atoms with Crippen LogP contribution >= 0.6 is 11.3 Å². The van der Waals surface area contributed by atoms with Crippen molar-refractivity contribution >= 4 is 32.5 Å². The van der Waals surface area contributed by atoms with E-state index in [1.54, 1.807) is 29.8 Å². The van der Waals surface area contributed by atoms with E-state index in [2.05, 4.69) is 31.7 Å². The van der Waals surface area contributed by atoms with Gasteiger partial charge in [0.2, 0.25) is 0 Å². The first-order chi connectivity index (χ1) is 16.6. The molecule has 0 radical (unpaired) electrons. The Balaban J connectivity index is 1.28. The Kier molecular flexibility index (Phi) is 6.55. The third kappa shape index (κ3) is 4.95. The minimum absolute atomic E-state index is 0.0704. The second kappa shape index (κ2) is 9.90. The first-order valence-corrected chi connectivity index (χ1v) is 12.1. The molecule has 7 nitrogen and oxygen atoms in total. The Hall–Kier alpha value is -3.30. The summed E-state index contributed by atoms with van der Waals surface area (Å²) in [6, 6.07) is 10.6. The maximum absolute atomic E-state index is 13.5. The zero-order chi connectivity index (χ0) is 23.5. The van der Waals surface area contributed by atoms with Crippen LogP contribution in [0.15, 0.2) is 48.8 Å². The SMILES string of the molecule is COc1cc(F)ccc1-c1cncc(NCc2ccc3nc(NC4CCCC[C@H]4O)sc3c2)n1. The van der Waals surface area contributed by atoms with Crippen molar-refractivity contribution < 1.29 is 14.2 Å². The molecule has 1 aliphatic rings. The standard InChI is InChI=1S/C25H26FN5O2S/c1-33-22-11-16(26)7-8-17(22)20-13-27-14-24(29-20)28-12-15-6-9-19-23(10-15)34-25(31-19)30-18-4-2-3-5-21(18)32/h6-11,13-14,18,21,32H,2-5,12H2,1H3,(H,28,29)(H,30,31)/t18?,21-/m1/s1. The molecule has 1 fully saturated rings. The summed E-state index contributed by atoms with van der Waals surface area (Å²) in [7, 11) is 1.50. The van der Waals surface area contributed by atoms with Crippen LogP contribution in [0.1, 0.15) is 31.2 Å². The molecule has 2 heterocycles. The van der Waals surface area contributed by atoms with Crippen molar-refractivity contribution in [3.63, 3.8) is 0 Å². The maximum atomic E-state index is 13.5. The summed E-state index contributed by atoms with van der Waals surface area (Å²) >= 11 is 1.60. The van der Waals surface area contributed by atoms with E-state index in [0.29, 0.717) is 29.4 Å². The highest BCUT2D eigenvalue weighted by Gasteiger charge is 2.23. The predicted molar refractivity (Wildman–Crippen MR) is 133 cm³/mol. The van der Waals surface area contributed by atoms with E-state index in [1.165, 1.54) is 19.2 Å². The summed E-state index contributed by atoms with van der Waals surface area (Å²) < 4.78 is 19.9. The molecule has 3 N–H and O–H groups in total. The average molecular weight is 480 g/mol. The number of hydrogen-bond acceptors (Lipinski definition) is 8. The van der Waals surface area contributed by atoms with Crippen molar-refractivity contribution in [1.29, 1.82) is 0 Å². The molecular weight excluding hydrogens is 453 g/mol. The van der Waals surface area contributed by atoms with Gasteiger partial charge in [-0.2, -0.15) is 0 Å². The quantitative estimate of drug-likeness (QED) is 0.334. The summed E-state index contributed by atoms with van der Waals surface area (Å²) in [5.74, 6) is 0.656. The number of ether oxygens (including phenoxy) is 1. The van der Waals surface area contributed by atoms with E-state index in [1.807, 2.05) is 12.1 Å². The minimum atomic E-state index is -0.366. The van der Waals surface area contributed by atoms with E-state index in [0.717, 1.165) is 46.6 Å².